The SMILES string of the molecule is NS(=O)(=O)N1C=NC(Cc2cc(F)c(F)c(F)c2)(S(N)(=O)=O)N1. The molecule has 1 unspecified atom stereocenters. The molecule has 14 heteroatoms. The number of hydrogen-bond donors (Lipinski definition) is 3. The maximum atomic E-state index is 13.2. The van der Waals surface area contributed by atoms with Crippen LogP contribution in [0, 0.1) is 17.5 Å². The van der Waals surface area contributed by atoms with E-state index in [1.54, 1.807) is 0 Å². The number of nitrogens with one attached hydrogen (secondary N) is 1. The van der Waals surface area contributed by atoms with Gasteiger partial charge in [-0.25, -0.2) is 36.9 Å². The molecular weight excluding hydrogens is 363 g/mol. The topological polar surface area (TPSA) is 148 Å². The molecule has 1 aromatic carbocycles. The number of halogens is 3. The number of aliphatic imine (C=N–C) groups is 1. The minimum atomic E-state index is -4.60. The van der Waals surface area contributed by atoms with Crippen molar-refractivity contribution in [2.75, 3.05) is 0 Å². The van der Waals surface area contributed by atoms with Crippen LogP contribution in [0.15, 0.2) is 17.1 Å². The Morgan fingerprint density at radius 2 is 1.65 bits per heavy atom. The molecule has 0 fully saturated rings. The number of hydrazine groups is 1. The molecule has 0 bridgehead atoms. The van der Waals surface area contributed by atoms with Gasteiger partial charge in [0.25, 0.3) is 10.0 Å². The van der Waals surface area contributed by atoms with E-state index in [1.807, 2.05) is 5.43 Å². The number of nitrogens with two attached hydrogens (primary N) is 2. The minimum Gasteiger partial charge on any atom is -0.232 e. The molecule has 0 spiro atoms. The van der Waals surface area contributed by atoms with Crippen molar-refractivity contribution in [1.82, 2.24) is 9.84 Å². The first-order valence-electron chi connectivity index (χ1n) is 5.67. The van der Waals surface area contributed by atoms with Crippen LogP contribution in [-0.2, 0) is 26.7 Å². The maximum Gasteiger partial charge on any atom is 0.313 e. The van der Waals surface area contributed by atoms with Crippen LogP contribution in [0.25, 0.3) is 0 Å². The molecule has 23 heavy (non-hydrogen) atoms. The molecule has 0 radical (unpaired) electrons. The lowest BCUT2D eigenvalue weighted by atomic mass is 10.1. The lowest BCUT2D eigenvalue weighted by Crippen LogP contribution is -2.58. The van der Waals surface area contributed by atoms with Crippen molar-refractivity contribution < 1.29 is 30.0 Å². The van der Waals surface area contributed by atoms with Crippen LogP contribution in [0.5, 0.6) is 0 Å². The largest absolute Gasteiger partial charge is 0.313 e. The smallest absolute Gasteiger partial charge is 0.232 e. The predicted molar refractivity (Wildman–Crippen MR) is 72.4 cm³/mol. The highest BCUT2D eigenvalue weighted by Gasteiger charge is 2.48. The first-order valence-corrected chi connectivity index (χ1v) is 8.72. The zero-order valence-corrected chi connectivity index (χ0v) is 12.7. The summed E-state index contributed by atoms with van der Waals surface area (Å²) in [6.45, 7) is 0. The normalized spacial score (nSPS) is 21.9. The molecule has 128 valence electrons. The average Bonchev–Trinajstić information content (AvgIpc) is 2.81. The zero-order valence-electron chi connectivity index (χ0n) is 11.1. The Morgan fingerprint density at radius 1 is 1.13 bits per heavy atom. The second-order valence-electron chi connectivity index (χ2n) is 4.58. The summed E-state index contributed by atoms with van der Waals surface area (Å²) < 4.78 is 85.4. The summed E-state index contributed by atoms with van der Waals surface area (Å²) >= 11 is 0. The summed E-state index contributed by atoms with van der Waals surface area (Å²) in [6.07, 6.45) is -0.252. The van der Waals surface area contributed by atoms with E-state index in [-0.39, 0.29) is 9.98 Å². The molecule has 0 aromatic heterocycles. The second kappa shape index (κ2) is 5.41. The Kier molecular flexibility index (Phi) is 4.15. The zero-order chi connectivity index (χ0) is 17.6. The van der Waals surface area contributed by atoms with Gasteiger partial charge in [0.1, 0.15) is 6.34 Å². The Hall–Kier alpha value is -1.74. The summed E-state index contributed by atoms with van der Waals surface area (Å²) in [5.41, 5.74) is 1.60. The predicted octanol–water partition coefficient (Wildman–Crippen LogP) is -1.36. The summed E-state index contributed by atoms with van der Waals surface area (Å²) in [6, 6.07) is 1.06. The first-order chi connectivity index (χ1) is 10.4. The van der Waals surface area contributed by atoms with E-state index < -0.39 is 49.1 Å². The fourth-order valence-corrected chi connectivity index (χ4v) is 3.12. The van der Waals surface area contributed by atoms with E-state index >= 15 is 0 Å². The summed E-state index contributed by atoms with van der Waals surface area (Å²) in [4.78, 5) is 0.966. The molecule has 0 aliphatic carbocycles. The number of benzene rings is 1. The van der Waals surface area contributed by atoms with Crippen LogP contribution in [0.1, 0.15) is 5.56 Å². The third kappa shape index (κ3) is 3.30. The van der Waals surface area contributed by atoms with Gasteiger partial charge in [0.05, 0.1) is 0 Å². The van der Waals surface area contributed by atoms with E-state index in [4.69, 9.17) is 10.3 Å². The van der Waals surface area contributed by atoms with Crippen molar-refractivity contribution in [3.05, 3.63) is 35.1 Å². The van der Waals surface area contributed by atoms with Crippen LogP contribution in [0.2, 0.25) is 0 Å². The Morgan fingerprint density at radius 3 is 2.04 bits per heavy atom. The molecule has 0 saturated carbocycles. The number of primary sulfonamides is 1. The lowest BCUT2D eigenvalue weighted by Gasteiger charge is -2.26. The van der Waals surface area contributed by atoms with Crippen molar-refractivity contribution in [3.8, 4) is 0 Å². The van der Waals surface area contributed by atoms with Crippen molar-refractivity contribution in [2.45, 2.75) is 11.4 Å². The van der Waals surface area contributed by atoms with Crippen LogP contribution < -0.4 is 15.7 Å². The highest BCUT2D eigenvalue weighted by Crippen LogP contribution is 2.26. The van der Waals surface area contributed by atoms with Crippen LogP contribution in [0.4, 0.5) is 13.2 Å². The summed E-state index contributed by atoms with van der Waals surface area (Å²) in [5, 5.41) is 9.81. The fourth-order valence-electron chi connectivity index (χ4n) is 1.81. The summed E-state index contributed by atoms with van der Waals surface area (Å²) in [7, 11) is -9.01. The molecule has 1 aromatic rings. The molecule has 9 nitrogen and oxygen atoms in total. The van der Waals surface area contributed by atoms with Gasteiger partial charge >= 0.3 is 10.2 Å². The monoisotopic (exact) mass is 373 g/mol. The molecule has 1 aliphatic heterocycles. The van der Waals surface area contributed by atoms with Gasteiger partial charge in [-0.05, 0) is 17.7 Å². The molecule has 1 heterocycles. The minimum absolute atomic E-state index is 0.174. The standard InChI is InChI=1S/C9H10F3N5O4S2/c10-6-1-5(2-7(11)8(6)12)3-9(22(13,18)19)15-4-17(16-9)23(14,20)21/h1-2,4,16H,3H2,(H2,13,18,19)(H2,14,20,21). The maximum absolute atomic E-state index is 13.2. The molecular formula is C9H10F3N5O4S2. The van der Waals surface area contributed by atoms with Crippen molar-refractivity contribution >= 4 is 26.6 Å². The van der Waals surface area contributed by atoms with Crippen LogP contribution in [-0.4, -0.2) is 32.6 Å². The lowest BCUT2D eigenvalue weighted by molar-refractivity contribution is 0.360. The third-order valence-electron chi connectivity index (χ3n) is 2.89. The van der Waals surface area contributed by atoms with Gasteiger partial charge in [-0.3, -0.25) is 0 Å². The van der Waals surface area contributed by atoms with Gasteiger partial charge in [-0.1, -0.05) is 0 Å². The molecule has 0 saturated heterocycles. The number of rotatable bonds is 4. The number of sulfonamides is 1. The van der Waals surface area contributed by atoms with Crippen molar-refractivity contribution in [3.63, 3.8) is 0 Å². The van der Waals surface area contributed by atoms with Gasteiger partial charge in [0, 0.05) is 6.42 Å². The van der Waals surface area contributed by atoms with Crippen LogP contribution >= 0.6 is 0 Å². The molecule has 1 atom stereocenters. The van der Waals surface area contributed by atoms with Crippen LogP contribution in [0.3, 0.4) is 0 Å². The number of hydrogen-bond acceptors (Lipinski definition) is 6. The van der Waals surface area contributed by atoms with Gasteiger partial charge in [0.2, 0.25) is 4.99 Å². The Labute approximate surface area is 129 Å². The second-order valence-corrected chi connectivity index (χ2v) is 7.77. The molecule has 0 amide bonds. The van der Waals surface area contributed by atoms with E-state index in [0.717, 1.165) is 0 Å². The Balaban J connectivity index is 2.46. The van der Waals surface area contributed by atoms with E-state index in [2.05, 4.69) is 4.99 Å². The Bertz CT molecular complexity index is 865. The highest BCUT2D eigenvalue weighted by molar-refractivity contribution is 7.90. The fraction of sp³-hybridized carbons (Fsp3) is 0.222. The van der Waals surface area contributed by atoms with Gasteiger partial charge in [0.15, 0.2) is 17.5 Å². The molecule has 5 N–H and O–H groups in total. The van der Waals surface area contributed by atoms with Gasteiger partial charge in [-0.15, -0.1) is 0 Å². The number of nitrogens with zero attached hydrogens (tertiary/aromatic N) is 2. The van der Waals surface area contributed by atoms with Crippen molar-refractivity contribution in [2.24, 2.45) is 15.3 Å². The molecule has 2 rings (SSSR count). The van der Waals surface area contributed by atoms with E-state index in [1.165, 1.54) is 0 Å². The van der Waals surface area contributed by atoms with E-state index in [0.29, 0.717) is 18.5 Å². The average molecular weight is 373 g/mol. The highest BCUT2D eigenvalue weighted by atomic mass is 32.2. The quantitative estimate of drug-likeness (QED) is 0.558. The van der Waals surface area contributed by atoms with Gasteiger partial charge in [-0.2, -0.15) is 18.3 Å². The summed E-state index contributed by atoms with van der Waals surface area (Å²) in [5.74, 6) is -4.86. The third-order valence-corrected chi connectivity index (χ3v) is 4.90. The van der Waals surface area contributed by atoms with Crippen molar-refractivity contribution in [1.29, 1.82) is 0 Å². The first kappa shape index (κ1) is 17.6. The molecule has 1 aliphatic rings. The van der Waals surface area contributed by atoms with Gasteiger partial charge < -0.3 is 0 Å². The van der Waals surface area contributed by atoms with E-state index in [9.17, 15) is 30.0 Å².